The van der Waals surface area contributed by atoms with E-state index in [9.17, 15) is 18.0 Å². The Bertz CT molecular complexity index is 433. The molecule has 0 spiro atoms. The van der Waals surface area contributed by atoms with Crippen molar-refractivity contribution in [3.63, 3.8) is 0 Å². The molecule has 0 aromatic rings. The van der Waals surface area contributed by atoms with Crippen LogP contribution in [0.1, 0.15) is 13.3 Å². The van der Waals surface area contributed by atoms with Crippen molar-refractivity contribution in [1.82, 2.24) is 4.31 Å². The van der Waals surface area contributed by atoms with Crippen LogP contribution in [0.3, 0.4) is 0 Å². The van der Waals surface area contributed by atoms with E-state index < -0.39 is 33.8 Å². The van der Waals surface area contributed by atoms with Crippen molar-refractivity contribution in [1.29, 1.82) is 0 Å². The zero-order valence-electron chi connectivity index (χ0n) is 10.6. The lowest BCUT2D eigenvalue weighted by atomic mass is 10.2. The number of rotatable bonds is 6. The summed E-state index contributed by atoms with van der Waals surface area (Å²) in [6.45, 7) is 1.85. The standard InChI is InChI=1S/C10H17NO7S/c1-2-17-10(14)7-19(15,16)11-3-4-18-8(6-11)5-9(12)13/h8H,2-7H2,1H3,(H,12,13). The first-order valence-corrected chi connectivity index (χ1v) is 7.43. The number of carbonyl (C=O) groups excluding carboxylic acids is 1. The van der Waals surface area contributed by atoms with Gasteiger partial charge in [0.05, 0.1) is 25.7 Å². The van der Waals surface area contributed by atoms with Gasteiger partial charge in [0.2, 0.25) is 10.0 Å². The fraction of sp³-hybridized carbons (Fsp3) is 0.800. The van der Waals surface area contributed by atoms with Crippen LogP contribution in [-0.4, -0.2) is 67.9 Å². The van der Waals surface area contributed by atoms with Gasteiger partial charge in [-0.05, 0) is 6.92 Å². The fourth-order valence-electron chi connectivity index (χ4n) is 1.71. The van der Waals surface area contributed by atoms with Crippen LogP contribution in [0.4, 0.5) is 0 Å². The quantitative estimate of drug-likeness (QED) is 0.629. The molecular formula is C10H17NO7S. The highest BCUT2D eigenvalue weighted by Gasteiger charge is 2.32. The molecule has 1 fully saturated rings. The molecule has 0 aromatic carbocycles. The van der Waals surface area contributed by atoms with Crippen molar-refractivity contribution < 1.29 is 32.6 Å². The number of hydrogen-bond donors (Lipinski definition) is 1. The molecule has 1 aliphatic heterocycles. The molecule has 0 aromatic heterocycles. The van der Waals surface area contributed by atoms with E-state index in [1.54, 1.807) is 6.92 Å². The normalized spacial score (nSPS) is 21.0. The number of sulfonamides is 1. The molecule has 0 bridgehead atoms. The lowest BCUT2D eigenvalue weighted by Gasteiger charge is -2.31. The second kappa shape index (κ2) is 6.83. The molecule has 1 aliphatic rings. The summed E-state index contributed by atoms with van der Waals surface area (Å²) in [5.74, 6) is -2.61. The summed E-state index contributed by atoms with van der Waals surface area (Å²) in [7, 11) is -3.79. The van der Waals surface area contributed by atoms with Crippen LogP contribution in [0.15, 0.2) is 0 Å². The number of esters is 1. The molecule has 0 amide bonds. The second-order valence-electron chi connectivity index (χ2n) is 4.01. The minimum atomic E-state index is -3.79. The van der Waals surface area contributed by atoms with Crippen LogP contribution >= 0.6 is 0 Å². The maximum Gasteiger partial charge on any atom is 0.322 e. The van der Waals surface area contributed by atoms with Crippen molar-refractivity contribution in [2.45, 2.75) is 19.4 Å². The molecule has 19 heavy (non-hydrogen) atoms. The van der Waals surface area contributed by atoms with E-state index in [0.29, 0.717) is 0 Å². The molecule has 1 unspecified atom stereocenters. The number of morpholine rings is 1. The third kappa shape index (κ3) is 5.13. The van der Waals surface area contributed by atoms with Crippen LogP contribution in [0.2, 0.25) is 0 Å². The van der Waals surface area contributed by atoms with E-state index in [-0.39, 0.29) is 32.7 Å². The summed E-state index contributed by atoms with van der Waals surface area (Å²) >= 11 is 0. The van der Waals surface area contributed by atoms with Crippen LogP contribution in [0.25, 0.3) is 0 Å². The highest BCUT2D eigenvalue weighted by atomic mass is 32.2. The highest BCUT2D eigenvalue weighted by molar-refractivity contribution is 7.89. The Balaban J connectivity index is 2.62. The Morgan fingerprint density at radius 2 is 2.16 bits per heavy atom. The van der Waals surface area contributed by atoms with E-state index >= 15 is 0 Å². The second-order valence-corrected chi connectivity index (χ2v) is 5.98. The molecule has 0 aliphatic carbocycles. The number of nitrogens with zero attached hydrogens (tertiary/aromatic N) is 1. The monoisotopic (exact) mass is 295 g/mol. The zero-order chi connectivity index (χ0) is 14.5. The molecule has 8 nitrogen and oxygen atoms in total. The van der Waals surface area contributed by atoms with E-state index in [4.69, 9.17) is 9.84 Å². The van der Waals surface area contributed by atoms with Gasteiger partial charge in [0.15, 0.2) is 5.75 Å². The first-order valence-electron chi connectivity index (χ1n) is 5.82. The topological polar surface area (TPSA) is 110 Å². The minimum Gasteiger partial charge on any atom is -0.481 e. The van der Waals surface area contributed by atoms with Gasteiger partial charge in [-0.1, -0.05) is 0 Å². The lowest BCUT2D eigenvalue weighted by Crippen LogP contribution is -2.47. The third-order valence-corrected chi connectivity index (χ3v) is 4.22. The van der Waals surface area contributed by atoms with Crippen molar-refractivity contribution in [3.05, 3.63) is 0 Å². The first-order chi connectivity index (χ1) is 8.85. The first kappa shape index (κ1) is 15.9. The molecule has 1 saturated heterocycles. The van der Waals surface area contributed by atoms with Gasteiger partial charge in [0.1, 0.15) is 0 Å². The molecule has 110 valence electrons. The van der Waals surface area contributed by atoms with Crippen LogP contribution < -0.4 is 0 Å². The lowest BCUT2D eigenvalue weighted by molar-refractivity contribution is -0.142. The van der Waals surface area contributed by atoms with Crippen molar-refractivity contribution in [3.8, 4) is 0 Å². The van der Waals surface area contributed by atoms with E-state index in [2.05, 4.69) is 4.74 Å². The average molecular weight is 295 g/mol. The van der Waals surface area contributed by atoms with Gasteiger partial charge >= 0.3 is 11.9 Å². The van der Waals surface area contributed by atoms with Gasteiger partial charge in [-0.3, -0.25) is 9.59 Å². The summed E-state index contributed by atoms with van der Waals surface area (Å²) in [5, 5.41) is 8.65. The molecule has 1 N–H and O–H groups in total. The number of hydrogen-bond acceptors (Lipinski definition) is 6. The van der Waals surface area contributed by atoms with E-state index in [1.807, 2.05) is 0 Å². The van der Waals surface area contributed by atoms with E-state index in [0.717, 1.165) is 4.31 Å². The predicted molar refractivity (Wildman–Crippen MR) is 64.0 cm³/mol. The number of ether oxygens (including phenoxy) is 2. The van der Waals surface area contributed by atoms with Crippen LogP contribution in [0.5, 0.6) is 0 Å². The number of carboxylic acids is 1. The molecule has 0 radical (unpaired) electrons. The smallest absolute Gasteiger partial charge is 0.322 e. The molecule has 0 saturated carbocycles. The zero-order valence-corrected chi connectivity index (χ0v) is 11.4. The molecule has 1 heterocycles. The van der Waals surface area contributed by atoms with Gasteiger partial charge in [-0.15, -0.1) is 0 Å². The van der Waals surface area contributed by atoms with Gasteiger partial charge < -0.3 is 14.6 Å². The van der Waals surface area contributed by atoms with Crippen LogP contribution in [-0.2, 0) is 29.1 Å². The molecule has 9 heteroatoms. The van der Waals surface area contributed by atoms with E-state index in [1.165, 1.54) is 0 Å². The van der Waals surface area contributed by atoms with Crippen molar-refractivity contribution >= 4 is 22.0 Å². The SMILES string of the molecule is CCOC(=O)CS(=O)(=O)N1CCOC(CC(=O)O)C1. The highest BCUT2D eigenvalue weighted by Crippen LogP contribution is 2.13. The number of carboxylic acid groups (broad SMARTS) is 1. The Hall–Kier alpha value is -1.19. The minimum absolute atomic E-state index is 0.0615. The maximum atomic E-state index is 11.9. The average Bonchev–Trinajstić information content (AvgIpc) is 2.28. The van der Waals surface area contributed by atoms with Gasteiger partial charge in [-0.2, -0.15) is 4.31 Å². The van der Waals surface area contributed by atoms with Crippen molar-refractivity contribution in [2.24, 2.45) is 0 Å². The van der Waals surface area contributed by atoms with Gasteiger partial charge in [0, 0.05) is 13.1 Å². The number of carbonyl (C=O) groups is 2. The summed E-state index contributed by atoms with van der Waals surface area (Å²) in [6.07, 6.45) is -0.964. The van der Waals surface area contributed by atoms with Crippen LogP contribution in [0, 0.1) is 0 Å². The summed E-state index contributed by atoms with van der Waals surface area (Å²) in [4.78, 5) is 21.8. The van der Waals surface area contributed by atoms with Gasteiger partial charge in [-0.25, -0.2) is 8.42 Å². The summed E-state index contributed by atoms with van der Waals surface area (Å²) in [6, 6.07) is 0. The maximum absolute atomic E-state index is 11.9. The number of aliphatic carboxylic acids is 1. The molecule has 1 rings (SSSR count). The Morgan fingerprint density at radius 1 is 1.47 bits per heavy atom. The Kier molecular flexibility index (Phi) is 5.70. The Labute approximate surface area is 111 Å². The summed E-state index contributed by atoms with van der Waals surface area (Å²) < 4.78 is 34.7. The fourth-order valence-corrected chi connectivity index (χ4v) is 3.02. The molecular weight excluding hydrogens is 278 g/mol. The Morgan fingerprint density at radius 3 is 2.74 bits per heavy atom. The largest absolute Gasteiger partial charge is 0.481 e. The third-order valence-electron chi connectivity index (χ3n) is 2.50. The molecule has 1 atom stereocenters. The van der Waals surface area contributed by atoms with Gasteiger partial charge in [0.25, 0.3) is 0 Å². The van der Waals surface area contributed by atoms with Crippen molar-refractivity contribution in [2.75, 3.05) is 32.1 Å². The predicted octanol–water partition coefficient (Wildman–Crippen LogP) is -0.945. The summed E-state index contributed by atoms with van der Waals surface area (Å²) in [5.41, 5.74) is 0.